The number of hydrogen-bond donors (Lipinski definition) is 1. The average molecular weight is 210 g/mol. The van der Waals surface area contributed by atoms with Crippen LogP contribution in [0.3, 0.4) is 0 Å². The van der Waals surface area contributed by atoms with Crippen LogP contribution in [-0.2, 0) is 12.8 Å². The Hall–Kier alpha value is -1.83. The molecule has 80 valence electrons. The van der Waals surface area contributed by atoms with Crippen molar-refractivity contribution >= 4 is 5.69 Å². The van der Waals surface area contributed by atoms with Crippen LogP contribution in [0.5, 0.6) is 0 Å². The van der Waals surface area contributed by atoms with Crippen LogP contribution in [0.4, 0.5) is 5.69 Å². The molecule has 0 bridgehead atoms. The fourth-order valence-electron chi connectivity index (χ4n) is 2.40. The second-order valence-electron chi connectivity index (χ2n) is 4.29. The van der Waals surface area contributed by atoms with Gasteiger partial charge in [0, 0.05) is 5.56 Å². The number of hydrogen-bond acceptors (Lipinski definition) is 2. The molecule has 0 aliphatic heterocycles. The smallest absolute Gasteiger partial charge is 0.0738 e. The standard InChI is InChI=1S/C14H14N2/c15-12-8-11-6-3-5-10-4-1-2-7-13(10)14(11)16-9-12/h1-2,4,7-9H,3,5-6,15H2. The predicted molar refractivity (Wildman–Crippen MR) is 66.1 cm³/mol. The Labute approximate surface area is 95.1 Å². The van der Waals surface area contributed by atoms with Crippen molar-refractivity contribution in [2.45, 2.75) is 19.3 Å². The zero-order chi connectivity index (χ0) is 11.0. The molecule has 0 saturated carbocycles. The number of aromatic nitrogens is 1. The highest BCUT2D eigenvalue weighted by molar-refractivity contribution is 5.69. The number of nitrogens with two attached hydrogens (primary N) is 1. The van der Waals surface area contributed by atoms with E-state index in [1.165, 1.54) is 23.1 Å². The van der Waals surface area contributed by atoms with Crippen molar-refractivity contribution in [3.8, 4) is 11.3 Å². The molecule has 0 amide bonds. The lowest BCUT2D eigenvalue weighted by Gasteiger charge is -2.08. The molecular formula is C14H14N2. The van der Waals surface area contributed by atoms with Crippen LogP contribution in [-0.4, -0.2) is 4.98 Å². The van der Waals surface area contributed by atoms with E-state index in [-0.39, 0.29) is 0 Å². The van der Waals surface area contributed by atoms with E-state index in [1.807, 2.05) is 0 Å². The monoisotopic (exact) mass is 210 g/mol. The third-order valence-electron chi connectivity index (χ3n) is 3.15. The lowest BCUT2D eigenvalue weighted by Crippen LogP contribution is -1.95. The number of nitrogens with zero attached hydrogens (tertiary/aromatic N) is 1. The third-order valence-corrected chi connectivity index (χ3v) is 3.15. The summed E-state index contributed by atoms with van der Waals surface area (Å²) in [5.74, 6) is 0. The van der Waals surface area contributed by atoms with E-state index < -0.39 is 0 Å². The van der Waals surface area contributed by atoms with Gasteiger partial charge in [0.15, 0.2) is 0 Å². The van der Waals surface area contributed by atoms with E-state index in [2.05, 4.69) is 35.3 Å². The largest absolute Gasteiger partial charge is 0.397 e. The van der Waals surface area contributed by atoms with Gasteiger partial charge in [-0.15, -0.1) is 0 Å². The first-order chi connectivity index (χ1) is 7.84. The van der Waals surface area contributed by atoms with Crippen LogP contribution in [0.2, 0.25) is 0 Å². The molecule has 0 atom stereocenters. The lowest BCUT2D eigenvalue weighted by molar-refractivity contribution is 0.833. The molecular weight excluding hydrogens is 196 g/mol. The van der Waals surface area contributed by atoms with Crippen molar-refractivity contribution in [3.05, 3.63) is 47.7 Å². The molecule has 1 aromatic carbocycles. The molecule has 1 aromatic heterocycles. The fourth-order valence-corrected chi connectivity index (χ4v) is 2.40. The molecule has 2 aromatic rings. The van der Waals surface area contributed by atoms with Gasteiger partial charge in [-0.1, -0.05) is 24.3 Å². The third kappa shape index (κ3) is 1.47. The zero-order valence-electron chi connectivity index (χ0n) is 9.11. The summed E-state index contributed by atoms with van der Waals surface area (Å²) in [6.07, 6.45) is 5.13. The van der Waals surface area contributed by atoms with Gasteiger partial charge in [-0.05, 0) is 36.5 Å². The number of anilines is 1. The highest BCUT2D eigenvalue weighted by Gasteiger charge is 2.14. The van der Waals surface area contributed by atoms with E-state index in [0.717, 1.165) is 24.2 Å². The van der Waals surface area contributed by atoms with Gasteiger partial charge in [0.25, 0.3) is 0 Å². The maximum atomic E-state index is 5.79. The number of aryl methyl sites for hydroxylation is 2. The molecule has 1 aliphatic carbocycles. The molecule has 2 N–H and O–H groups in total. The number of pyridine rings is 1. The SMILES string of the molecule is Nc1cnc2c(c1)CCCc1ccccc1-2. The summed E-state index contributed by atoms with van der Waals surface area (Å²) in [4.78, 5) is 4.50. The molecule has 1 heterocycles. The molecule has 0 unspecified atom stereocenters. The van der Waals surface area contributed by atoms with Crippen molar-refractivity contribution in [3.63, 3.8) is 0 Å². The second-order valence-corrected chi connectivity index (χ2v) is 4.29. The van der Waals surface area contributed by atoms with E-state index >= 15 is 0 Å². The number of nitrogen functional groups attached to an aromatic ring is 1. The van der Waals surface area contributed by atoms with Gasteiger partial charge in [-0.25, -0.2) is 0 Å². The lowest BCUT2D eigenvalue weighted by atomic mass is 10.0. The van der Waals surface area contributed by atoms with Crippen molar-refractivity contribution in [1.29, 1.82) is 0 Å². The first kappa shape index (κ1) is 9.40. The van der Waals surface area contributed by atoms with Crippen molar-refractivity contribution in [2.24, 2.45) is 0 Å². The Bertz CT molecular complexity index is 532. The van der Waals surface area contributed by atoms with Crippen molar-refractivity contribution in [2.75, 3.05) is 5.73 Å². The van der Waals surface area contributed by atoms with Crippen LogP contribution < -0.4 is 5.73 Å². The second kappa shape index (κ2) is 3.63. The van der Waals surface area contributed by atoms with E-state index in [4.69, 9.17) is 5.73 Å². The van der Waals surface area contributed by atoms with Crippen LogP contribution in [0.15, 0.2) is 36.5 Å². The molecule has 0 spiro atoms. The molecule has 16 heavy (non-hydrogen) atoms. The molecule has 2 nitrogen and oxygen atoms in total. The summed E-state index contributed by atoms with van der Waals surface area (Å²) in [5.41, 5.74) is 11.6. The number of benzene rings is 1. The summed E-state index contributed by atoms with van der Waals surface area (Å²) < 4.78 is 0. The Morgan fingerprint density at radius 1 is 1.06 bits per heavy atom. The van der Waals surface area contributed by atoms with Crippen molar-refractivity contribution in [1.82, 2.24) is 4.98 Å². The Kier molecular flexibility index (Phi) is 2.13. The summed E-state index contributed by atoms with van der Waals surface area (Å²) in [6, 6.07) is 10.6. The summed E-state index contributed by atoms with van der Waals surface area (Å²) in [7, 11) is 0. The fraction of sp³-hybridized carbons (Fsp3) is 0.214. The normalized spacial score (nSPS) is 13.8. The number of rotatable bonds is 0. The van der Waals surface area contributed by atoms with Crippen LogP contribution >= 0.6 is 0 Å². The van der Waals surface area contributed by atoms with Crippen LogP contribution in [0, 0.1) is 0 Å². The van der Waals surface area contributed by atoms with Gasteiger partial charge in [-0.2, -0.15) is 0 Å². The van der Waals surface area contributed by atoms with Gasteiger partial charge in [0.05, 0.1) is 17.6 Å². The average Bonchev–Trinajstić information content (AvgIpc) is 2.47. The number of fused-ring (bicyclic) bond motifs is 3. The maximum Gasteiger partial charge on any atom is 0.0738 e. The Balaban J connectivity index is 2.25. The highest BCUT2D eigenvalue weighted by atomic mass is 14.7. The van der Waals surface area contributed by atoms with Crippen LogP contribution in [0.1, 0.15) is 17.5 Å². The Morgan fingerprint density at radius 3 is 2.81 bits per heavy atom. The van der Waals surface area contributed by atoms with Gasteiger partial charge in [0.2, 0.25) is 0 Å². The molecule has 3 rings (SSSR count). The van der Waals surface area contributed by atoms with Gasteiger partial charge in [-0.3, -0.25) is 4.98 Å². The van der Waals surface area contributed by atoms with E-state index in [0.29, 0.717) is 0 Å². The maximum absolute atomic E-state index is 5.79. The minimum atomic E-state index is 0.762. The molecule has 0 radical (unpaired) electrons. The molecule has 0 saturated heterocycles. The summed E-state index contributed by atoms with van der Waals surface area (Å²) in [6.45, 7) is 0. The van der Waals surface area contributed by atoms with E-state index in [1.54, 1.807) is 6.20 Å². The van der Waals surface area contributed by atoms with Crippen LogP contribution in [0.25, 0.3) is 11.3 Å². The first-order valence-corrected chi connectivity index (χ1v) is 5.67. The van der Waals surface area contributed by atoms with Gasteiger partial charge >= 0.3 is 0 Å². The van der Waals surface area contributed by atoms with Gasteiger partial charge < -0.3 is 5.73 Å². The Morgan fingerprint density at radius 2 is 1.88 bits per heavy atom. The minimum Gasteiger partial charge on any atom is -0.397 e. The predicted octanol–water partition coefficient (Wildman–Crippen LogP) is 2.82. The topological polar surface area (TPSA) is 38.9 Å². The van der Waals surface area contributed by atoms with E-state index in [9.17, 15) is 0 Å². The molecule has 1 aliphatic rings. The quantitative estimate of drug-likeness (QED) is 0.726. The molecule has 2 heteroatoms. The highest BCUT2D eigenvalue weighted by Crippen LogP contribution is 2.31. The zero-order valence-corrected chi connectivity index (χ0v) is 9.11. The summed E-state index contributed by atoms with van der Waals surface area (Å²) in [5, 5.41) is 0. The minimum absolute atomic E-state index is 0.762. The summed E-state index contributed by atoms with van der Waals surface area (Å²) >= 11 is 0. The first-order valence-electron chi connectivity index (χ1n) is 5.67. The van der Waals surface area contributed by atoms with Crippen molar-refractivity contribution < 1.29 is 0 Å². The molecule has 0 fully saturated rings. The van der Waals surface area contributed by atoms with Gasteiger partial charge in [0.1, 0.15) is 0 Å².